The van der Waals surface area contributed by atoms with Crippen molar-refractivity contribution in [2.24, 2.45) is 0 Å². The van der Waals surface area contributed by atoms with Crippen molar-refractivity contribution in [3.8, 4) is 11.5 Å². The Labute approximate surface area is 182 Å². The molecule has 0 aliphatic heterocycles. The fourth-order valence-electron chi connectivity index (χ4n) is 2.77. The van der Waals surface area contributed by atoms with Gasteiger partial charge in [-0.3, -0.25) is 5.32 Å². The second kappa shape index (κ2) is 8.57. The number of rotatable bonds is 5. The topological polar surface area (TPSA) is 134 Å². The first-order valence-electron chi connectivity index (χ1n) is 9.11. The van der Waals surface area contributed by atoms with E-state index in [1.165, 1.54) is 48.3 Å². The van der Waals surface area contributed by atoms with E-state index in [2.05, 4.69) is 34.8 Å². The van der Waals surface area contributed by atoms with Gasteiger partial charge in [0.1, 0.15) is 18.0 Å². The summed E-state index contributed by atoms with van der Waals surface area (Å²) < 4.78 is 53.4. The summed E-state index contributed by atoms with van der Waals surface area (Å²) in [5.41, 5.74) is 1.38. The number of methoxy groups -OCH3 is 1. The van der Waals surface area contributed by atoms with E-state index in [4.69, 9.17) is 4.74 Å². The number of pyridine rings is 2. The normalized spacial score (nSPS) is 11.4. The lowest BCUT2D eigenvalue weighted by atomic mass is 10.2. The summed E-state index contributed by atoms with van der Waals surface area (Å²) in [6.07, 6.45) is -2.84. The highest BCUT2D eigenvalue weighted by Crippen LogP contribution is 2.30. The number of anilines is 1. The van der Waals surface area contributed by atoms with Gasteiger partial charge in [-0.1, -0.05) is 11.2 Å². The Morgan fingerprint density at radius 2 is 2.00 bits per heavy atom. The molecule has 33 heavy (non-hydrogen) atoms. The van der Waals surface area contributed by atoms with Crippen LogP contribution in [-0.2, 0) is 22.3 Å². The molecule has 4 aromatic rings. The molecule has 0 saturated carbocycles. The number of amides is 1. The highest BCUT2D eigenvalue weighted by Gasteiger charge is 2.38. The van der Waals surface area contributed by atoms with E-state index in [-0.39, 0.29) is 29.5 Å². The second-order valence-electron chi connectivity index (χ2n) is 6.43. The number of carbonyl (C=O) groups is 2. The molecule has 0 aliphatic rings. The molecule has 4 rings (SSSR count). The van der Waals surface area contributed by atoms with Crippen molar-refractivity contribution in [3.63, 3.8) is 0 Å². The zero-order valence-corrected chi connectivity index (χ0v) is 16.7. The van der Waals surface area contributed by atoms with E-state index in [9.17, 15) is 22.8 Å². The van der Waals surface area contributed by atoms with Gasteiger partial charge in [0.05, 0.1) is 24.5 Å². The lowest BCUT2D eigenvalue weighted by molar-refractivity contribution is -0.159. The molecule has 0 atom stereocenters. The fourth-order valence-corrected chi connectivity index (χ4v) is 2.77. The van der Waals surface area contributed by atoms with Crippen molar-refractivity contribution in [2.75, 3.05) is 12.4 Å². The molecule has 0 radical (unpaired) electrons. The molecular formula is C19H13F3N6O5. The minimum absolute atomic E-state index is 0.109. The molecule has 4 aromatic heterocycles. The number of esters is 1. The van der Waals surface area contributed by atoms with Crippen LogP contribution >= 0.6 is 0 Å². The van der Waals surface area contributed by atoms with Crippen LogP contribution in [0.3, 0.4) is 0 Å². The van der Waals surface area contributed by atoms with Gasteiger partial charge >= 0.3 is 24.1 Å². The first kappa shape index (κ1) is 21.7. The minimum Gasteiger partial charge on any atom is -0.464 e. The first-order valence-corrected chi connectivity index (χ1v) is 9.11. The number of hydrogen-bond donors (Lipinski definition) is 1. The number of fused-ring (bicyclic) bond motifs is 1. The lowest BCUT2D eigenvalue weighted by Gasteiger charge is -2.10. The van der Waals surface area contributed by atoms with Gasteiger partial charge in [-0.25, -0.2) is 19.1 Å². The Bertz CT molecular complexity index is 1320. The highest BCUT2D eigenvalue weighted by atomic mass is 19.4. The molecule has 0 spiro atoms. The van der Waals surface area contributed by atoms with Crippen LogP contribution in [0.4, 0.5) is 23.7 Å². The van der Waals surface area contributed by atoms with Crippen molar-refractivity contribution >= 4 is 23.3 Å². The number of nitrogens with zero attached hydrogens (tertiary/aromatic N) is 5. The minimum atomic E-state index is -4.78. The Hall–Kier alpha value is -4.49. The number of ether oxygens (including phenoxy) is 2. The maximum absolute atomic E-state index is 12.7. The van der Waals surface area contributed by atoms with E-state index >= 15 is 0 Å². The Balaban J connectivity index is 1.47. The zero-order valence-electron chi connectivity index (χ0n) is 16.7. The molecule has 0 unspecified atom stereocenters. The molecule has 0 fully saturated rings. The van der Waals surface area contributed by atoms with Crippen molar-refractivity contribution in [3.05, 3.63) is 59.9 Å². The molecule has 1 amide bonds. The van der Waals surface area contributed by atoms with Gasteiger partial charge in [0, 0.05) is 11.8 Å². The van der Waals surface area contributed by atoms with Gasteiger partial charge in [-0.2, -0.15) is 23.3 Å². The number of carbonyl (C=O) groups excluding carboxylic acids is 2. The molecule has 170 valence electrons. The average molecular weight is 462 g/mol. The largest absolute Gasteiger partial charge is 0.471 e. The number of halogens is 3. The summed E-state index contributed by atoms with van der Waals surface area (Å²) in [5, 5.41) is 9.91. The van der Waals surface area contributed by atoms with E-state index in [1.807, 2.05) is 0 Å². The van der Waals surface area contributed by atoms with E-state index in [1.54, 1.807) is 6.07 Å². The standard InChI is InChI=1S/C19H13F3N6O5/c1-31-16(29)12-3-2-10(8-23-12)9-32-18(30)25-11-4-5-14(28-13(11)6-7-24-28)15-26-17(33-27-15)19(20,21)22/h2-8H,9H2,1H3,(H,25,30). The van der Waals surface area contributed by atoms with Crippen molar-refractivity contribution in [2.45, 2.75) is 12.8 Å². The Morgan fingerprint density at radius 1 is 1.18 bits per heavy atom. The average Bonchev–Trinajstić information content (AvgIpc) is 3.48. The highest BCUT2D eigenvalue weighted by molar-refractivity contribution is 5.91. The Morgan fingerprint density at radius 3 is 2.67 bits per heavy atom. The summed E-state index contributed by atoms with van der Waals surface area (Å²) in [6.45, 7) is -0.128. The third-order valence-corrected chi connectivity index (χ3v) is 4.28. The number of hydrogen-bond acceptors (Lipinski definition) is 9. The van der Waals surface area contributed by atoms with Gasteiger partial charge < -0.3 is 14.0 Å². The van der Waals surface area contributed by atoms with Crippen LogP contribution < -0.4 is 5.32 Å². The third kappa shape index (κ3) is 4.58. The molecule has 11 nitrogen and oxygen atoms in total. The molecule has 1 N–H and O–H groups in total. The monoisotopic (exact) mass is 462 g/mol. The summed E-state index contributed by atoms with van der Waals surface area (Å²) in [5.74, 6) is -2.41. The lowest BCUT2D eigenvalue weighted by Crippen LogP contribution is -2.14. The van der Waals surface area contributed by atoms with Crippen molar-refractivity contribution in [1.82, 2.24) is 24.7 Å². The van der Waals surface area contributed by atoms with E-state index in [0.717, 1.165) is 0 Å². The molecular weight excluding hydrogens is 449 g/mol. The van der Waals surface area contributed by atoms with Gasteiger partial charge in [0.2, 0.25) is 5.82 Å². The van der Waals surface area contributed by atoms with Gasteiger partial charge in [0.15, 0.2) is 0 Å². The molecule has 0 saturated heterocycles. The van der Waals surface area contributed by atoms with Crippen LogP contribution in [0, 0.1) is 0 Å². The maximum Gasteiger partial charge on any atom is 0.471 e. The number of alkyl halides is 3. The van der Waals surface area contributed by atoms with Crippen LogP contribution in [0.2, 0.25) is 0 Å². The van der Waals surface area contributed by atoms with Gasteiger partial charge in [0.25, 0.3) is 0 Å². The van der Waals surface area contributed by atoms with Gasteiger partial charge in [-0.05, 0) is 24.3 Å². The number of nitrogens with one attached hydrogen (secondary N) is 1. The van der Waals surface area contributed by atoms with E-state index in [0.29, 0.717) is 11.1 Å². The summed E-state index contributed by atoms with van der Waals surface area (Å²) in [7, 11) is 1.23. The molecule has 0 aromatic carbocycles. The zero-order chi connectivity index (χ0) is 23.6. The quantitative estimate of drug-likeness (QED) is 0.443. The van der Waals surface area contributed by atoms with Crippen LogP contribution in [0.1, 0.15) is 21.9 Å². The third-order valence-electron chi connectivity index (χ3n) is 4.28. The second-order valence-corrected chi connectivity index (χ2v) is 6.43. The van der Waals surface area contributed by atoms with Crippen LogP contribution in [-0.4, -0.2) is 43.9 Å². The van der Waals surface area contributed by atoms with E-state index < -0.39 is 24.1 Å². The fraction of sp³-hybridized carbons (Fsp3) is 0.158. The smallest absolute Gasteiger partial charge is 0.464 e. The predicted molar refractivity (Wildman–Crippen MR) is 103 cm³/mol. The molecule has 4 heterocycles. The summed E-state index contributed by atoms with van der Waals surface area (Å²) in [4.78, 5) is 30.9. The van der Waals surface area contributed by atoms with Crippen LogP contribution in [0.25, 0.3) is 17.0 Å². The van der Waals surface area contributed by atoms with Crippen LogP contribution in [0.15, 0.2) is 47.2 Å². The number of aromatic nitrogens is 5. The maximum atomic E-state index is 12.7. The molecule has 14 heteroatoms. The predicted octanol–water partition coefficient (Wildman–Crippen LogP) is 3.33. The summed E-state index contributed by atoms with van der Waals surface area (Å²) >= 11 is 0. The molecule has 0 aliphatic carbocycles. The van der Waals surface area contributed by atoms with Crippen molar-refractivity contribution in [1.29, 1.82) is 0 Å². The first-order chi connectivity index (χ1) is 15.8. The Kier molecular flexibility index (Phi) is 5.64. The van der Waals surface area contributed by atoms with Gasteiger partial charge in [-0.15, -0.1) is 0 Å². The summed E-state index contributed by atoms with van der Waals surface area (Å²) in [6, 6.07) is 7.31. The SMILES string of the molecule is COC(=O)c1ccc(COC(=O)Nc2ccc(-c3noc(C(F)(F)F)n3)n3nccc23)cn1. The molecule has 0 bridgehead atoms. The van der Waals surface area contributed by atoms with Crippen LogP contribution in [0.5, 0.6) is 0 Å². The van der Waals surface area contributed by atoms with Crippen molar-refractivity contribution < 1.29 is 36.8 Å².